The molecule has 2 aromatic carbocycles. The van der Waals surface area contributed by atoms with Crippen LogP contribution < -0.4 is 10.5 Å². The molecule has 0 aliphatic rings. The third-order valence-corrected chi connectivity index (χ3v) is 4.41. The zero-order chi connectivity index (χ0) is 16.9. The van der Waals surface area contributed by atoms with Crippen LogP contribution in [0.5, 0.6) is 5.75 Å². The second-order valence-corrected chi connectivity index (χ2v) is 6.18. The fourth-order valence-corrected chi connectivity index (χ4v) is 2.91. The van der Waals surface area contributed by atoms with Gasteiger partial charge in [-0.3, -0.25) is 0 Å². The molecular formula is C20H25N3O. The van der Waals surface area contributed by atoms with Crippen LogP contribution in [-0.2, 0) is 13.1 Å². The highest BCUT2D eigenvalue weighted by Crippen LogP contribution is 2.21. The van der Waals surface area contributed by atoms with Crippen molar-refractivity contribution in [2.75, 3.05) is 6.61 Å². The number of ether oxygens (including phenoxy) is 1. The van der Waals surface area contributed by atoms with E-state index in [4.69, 9.17) is 10.5 Å². The lowest BCUT2D eigenvalue weighted by Crippen LogP contribution is -2.09. The van der Waals surface area contributed by atoms with Crippen LogP contribution in [0.1, 0.15) is 29.8 Å². The summed E-state index contributed by atoms with van der Waals surface area (Å²) in [6.45, 7) is 6.38. The van der Waals surface area contributed by atoms with E-state index < -0.39 is 0 Å². The van der Waals surface area contributed by atoms with Crippen LogP contribution in [0.3, 0.4) is 0 Å². The Morgan fingerprint density at radius 3 is 2.54 bits per heavy atom. The number of benzene rings is 2. The van der Waals surface area contributed by atoms with Crippen LogP contribution >= 0.6 is 0 Å². The zero-order valence-corrected chi connectivity index (χ0v) is 14.5. The number of aromatic nitrogens is 2. The smallest absolute Gasteiger partial charge is 0.123 e. The summed E-state index contributed by atoms with van der Waals surface area (Å²) in [6.07, 6.45) is 2.04. The summed E-state index contributed by atoms with van der Waals surface area (Å²) >= 11 is 0. The summed E-state index contributed by atoms with van der Waals surface area (Å²) in [6, 6.07) is 14.3. The van der Waals surface area contributed by atoms with Gasteiger partial charge in [0, 0.05) is 6.54 Å². The molecule has 3 rings (SSSR count). The van der Waals surface area contributed by atoms with E-state index >= 15 is 0 Å². The highest BCUT2D eigenvalue weighted by molar-refractivity contribution is 5.78. The molecule has 2 N–H and O–H groups in total. The van der Waals surface area contributed by atoms with Gasteiger partial charge in [-0.2, -0.15) is 0 Å². The number of hydrogen-bond donors (Lipinski definition) is 1. The van der Waals surface area contributed by atoms with Gasteiger partial charge in [0.05, 0.1) is 24.2 Å². The maximum atomic E-state index is 5.89. The van der Waals surface area contributed by atoms with E-state index in [1.54, 1.807) is 0 Å². The van der Waals surface area contributed by atoms with Gasteiger partial charge in [0.15, 0.2) is 0 Å². The second-order valence-electron chi connectivity index (χ2n) is 6.18. The van der Waals surface area contributed by atoms with E-state index in [-0.39, 0.29) is 0 Å². The molecule has 1 aromatic heterocycles. The summed E-state index contributed by atoms with van der Waals surface area (Å²) in [4.78, 5) is 4.69. The van der Waals surface area contributed by atoms with E-state index in [0.717, 1.165) is 43.1 Å². The third kappa shape index (κ3) is 3.60. The Morgan fingerprint density at radius 1 is 1.04 bits per heavy atom. The zero-order valence-electron chi connectivity index (χ0n) is 14.5. The van der Waals surface area contributed by atoms with Gasteiger partial charge in [0.25, 0.3) is 0 Å². The Labute approximate surface area is 143 Å². The van der Waals surface area contributed by atoms with Crippen LogP contribution in [0.2, 0.25) is 0 Å². The number of hydrogen-bond acceptors (Lipinski definition) is 3. The topological polar surface area (TPSA) is 53.1 Å². The van der Waals surface area contributed by atoms with Crippen LogP contribution in [0, 0.1) is 13.8 Å². The number of para-hydroxylation sites is 1. The largest absolute Gasteiger partial charge is 0.494 e. The standard InChI is InChI=1S/C20H25N3O/c1-15-12-18-19(13-16(15)2)23(20(14-21)22-18)10-6-7-11-24-17-8-4-3-5-9-17/h3-5,8-9,12-13H,6-7,10-11,14,21H2,1-2H3. The number of aryl methyl sites for hydroxylation is 3. The molecule has 0 amide bonds. The molecule has 1 heterocycles. The first-order valence-corrected chi connectivity index (χ1v) is 8.53. The monoisotopic (exact) mass is 323 g/mol. The van der Waals surface area contributed by atoms with Gasteiger partial charge in [0.1, 0.15) is 11.6 Å². The Kier molecular flexibility index (Phi) is 5.16. The van der Waals surface area contributed by atoms with E-state index in [2.05, 4.69) is 35.5 Å². The summed E-state index contributed by atoms with van der Waals surface area (Å²) in [5.74, 6) is 1.89. The van der Waals surface area contributed by atoms with E-state index in [1.807, 2.05) is 30.3 Å². The van der Waals surface area contributed by atoms with Crippen molar-refractivity contribution >= 4 is 11.0 Å². The van der Waals surface area contributed by atoms with Crippen molar-refractivity contribution in [3.63, 3.8) is 0 Å². The predicted octanol–water partition coefficient (Wildman–Crippen LogP) is 3.97. The number of imidazole rings is 1. The first-order chi connectivity index (χ1) is 11.7. The molecule has 3 aromatic rings. The van der Waals surface area contributed by atoms with Crippen molar-refractivity contribution in [1.82, 2.24) is 9.55 Å². The van der Waals surface area contributed by atoms with Crippen molar-refractivity contribution in [2.24, 2.45) is 5.73 Å². The summed E-state index contributed by atoms with van der Waals surface area (Å²) < 4.78 is 8.01. The maximum Gasteiger partial charge on any atom is 0.123 e. The maximum absolute atomic E-state index is 5.89. The fraction of sp³-hybridized carbons (Fsp3) is 0.350. The average molecular weight is 323 g/mol. The molecule has 4 nitrogen and oxygen atoms in total. The highest BCUT2D eigenvalue weighted by atomic mass is 16.5. The number of nitrogens with two attached hydrogens (primary N) is 1. The quantitative estimate of drug-likeness (QED) is 0.669. The van der Waals surface area contributed by atoms with Gasteiger partial charge < -0.3 is 15.0 Å². The van der Waals surface area contributed by atoms with Gasteiger partial charge in [0.2, 0.25) is 0 Å². The van der Waals surface area contributed by atoms with Crippen LogP contribution in [-0.4, -0.2) is 16.2 Å². The lowest BCUT2D eigenvalue weighted by atomic mass is 10.1. The molecule has 0 aliphatic carbocycles. The first-order valence-electron chi connectivity index (χ1n) is 8.53. The summed E-state index contributed by atoms with van der Waals surface area (Å²) in [7, 11) is 0. The van der Waals surface area contributed by atoms with Gasteiger partial charge in [-0.05, 0) is 62.1 Å². The van der Waals surface area contributed by atoms with Gasteiger partial charge in [-0.1, -0.05) is 18.2 Å². The molecule has 0 fully saturated rings. The molecule has 4 heteroatoms. The Morgan fingerprint density at radius 2 is 1.79 bits per heavy atom. The van der Waals surface area contributed by atoms with Crippen LogP contribution in [0.4, 0.5) is 0 Å². The molecule has 24 heavy (non-hydrogen) atoms. The van der Waals surface area contributed by atoms with Crippen LogP contribution in [0.15, 0.2) is 42.5 Å². The number of fused-ring (bicyclic) bond motifs is 1. The van der Waals surface area contributed by atoms with Crippen molar-refractivity contribution < 1.29 is 4.74 Å². The SMILES string of the molecule is Cc1cc2nc(CN)n(CCCCOc3ccccc3)c2cc1C. The van der Waals surface area contributed by atoms with Crippen molar-refractivity contribution in [3.05, 3.63) is 59.4 Å². The average Bonchev–Trinajstić information content (AvgIpc) is 2.93. The lowest BCUT2D eigenvalue weighted by Gasteiger charge is -2.10. The highest BCUT2D eigenvalue weighted by Gasteiger charge is 2.10. The first kappa shape index (κ1) is 16.5. The van der Waals surface area contributed by atoms with Gasteiger partial charge in [-0.15, -0.1) is 0 Å². The summed E-state index contributed by atoms with van der Waals surface area (Å²) in [5.41, 5.74) is 10.7. The van der Waals surface area contributed by atoms with Crippen molar-refractivity contribution in [2.45, 2.75) is 39.8 Å². The summed E-state index contributed by atoms with van der Waals surface area (Å²) in [5, 5.41) is 0. The molecule has 126 valence electrons. The predicted molar refractivity (Wildman–Crippen MR) is 98.3 cm³/mol. The van der Waals surface area contributed by atoms with E-state index in [0.29, 0.717) is 6.54 Å². The van der Waals surface area contributed by atoms with Crippen molar-refractivity contribution in [1.29, 1.82) is 0 Å². The minimum Gasteiger partial charge on any atom is -0.494 e. The normalized spacial score (nSPS) is 11.1. The number of unbranched alkanes of at least 4 members (excludes halogenated alkanes) is 1. The van der Waals surface area contributed by atoms with Gasteiger partial charge in [-0.25, -0.2) is 4.98 Å². The Hall–Kier alpha value is -2.33. The molecule has 0 bridgehead atoms. The molecular weight excluding hydrogens is 298 g/mol. The molecule has 0 unspecified atom stereocenters. The third-order valence-electron chi connectivity index (χ3n) is 4.41. The number of nitrogens with zero attached hydrogens (tertiary/aromatic N) is 2. The Bertz CT molecular complexity index is 809. The minimum absolute atomic E-state index is 0.466. The molecule has 0 radical (unpaired) electrons. The van der Waals surface area contributed by atoms with E-state index in [1.165, 1.54) is 16.6 Å². The fourth-order valence-electron chi connectivity index (χ4n) is 2.91. The van der Waals surface area contributed by atoms with Gasteiger partial charge >= 0.3 is 0 Å². The molecule has 0 saturated carbocycles. The molecule has 0 atom stereocenters. The lowest BCUT2D eigenvalue weighted by molar-refractivity contribution is 0.303. The number of rotatable bonds is 7. The molecule has 0 saturated heterocycles. The second kappa shape index (κ2) is 7.49. The van der Waals surface area contributed by atoms with Crippen molar-refractivity contribution in [3.8, 4) is 5.75 Å². The van der Waals surface area contributed by atoms with E-state index in [9.17, 15) is 0 Å². The molecule has 0 spiro atoms. The Balaban J connectivity index is 1.63. The minimum atomic E-state index is 0.466. The molecule has 0 aliphatic heterocycles. The van der Waals surface area contributed by atoms with Crippen LogP contribution in [0.25, 0.3) is 11.0 Å².